The van der Waals surface area contributed by atoms with Gasteiger partial charge in [0.05, 0.1) is 11.1 Å². The second-order valence-corrected chi connectivity index (χ2v) is 5.28. The standard InChI is InChI=1S/C17H23NO2/c1-5-17(6-2,20-4)16(19)14-9-10-15-13(11-14)8-7-12(3)18-15/h7-11,16,19H,5-6H2,1-4H3. The number of aliphatic hydroxyl groups excluding tert-OH is 1. The summed E-state index contributed by atoms with van der Waals surface area (Å²) in [4.78, 5) is 4.49. The highest BCUT2D eigenvalue weighted by Crippen LogP contribution is 2.35. The number of benzene rings is 1. The van der Waals surface area contributed by atoms with Crippen LogP contribution in [-0.2, 0) is 4.74 Å². The predicted molar refractivity (Wildman–Crippen MR) is 81.8 cm³/mol. The van der Waals surface area contributed by atoms with E-state index in [0.717, 1.165) is 35.0 Å². The van der Waals surface area contributed by atoms with E-state index >= 15 is 0 Å². The highest BCUT2D eigenvalue weighted by molar-refractivity contribution is 5.79. The molecule has 3 nitrogen and oxygen atoms in total. The average Bonchev–Trinajstić information content (AvgIpc) is 2.49. The van der Waals surface area contributed by atoms with Crippen molar-refractivity contribution in [2.24, 2.45) is 0 Å². The summed E-state index contributed by atoms with van der Waals surface area (Å²) in [5, 5.41) is 11.7. The molecule has 0 saturated carbocycles. The Hall–Kier alpha value is -1.45. The Morgan fingerprint density at radius 3 is 2.50 bits per heavy atom. The van der Waals surface area contributed by atoms with E-state index in [1.54, 1.807) is 7.11 Å². The molecule has 0 aliphatic carbocycles. The Kier molecular flexibility index (Phi) is 4.41. The molecule has 1 unspecified atom stereocenters. The largest absolute Gasteiger partial charge is 0.385 e. The summed E-state index contributed by atoms with van der Waals surface area (Å²) in [6.45, 7) is 6.07. The zero-order valence-corrected chi connectivity index (χ0v) is 12.7. The van der Waals surface area contributed by atoms with Crippen LogP contribution in [0.25, 0.3) is 10.9 Å². The van der Waals surface area contributed by atoms with Crippen LogP contribution in [-0.4, -0.2) is 22.8 Å². The van der Waals surface area contributed by atoms with Crippen molar-refractivity contribution in [3.63, 3.8) is 0 Å². The van der Waals surface area contributed by atoms with Crippen molar-refractivity contribution in [1.82, 2.24) is 4.98 Å². The lowest BCUT2D eigenvalue weighted by Crippen LogP contribution is -2.37. The predicted octanol–water partition coefficient (Wildman–Crippen LogP) is 3.78. The molecular weight excluding hydrogens is 250 g/mol. The fourth-order valence-electron chi connectivity index (χ4n) is 2.76. The third-order valence-electron chi connectivity index (χ3n) is 4.27. The summed E-state index contributed by atoms with van der Waals surface area (Å²) in [5.74, 6) is 0. The molecule has 2 aromatic rings. The monoisotopic (exact) mass is 273 g/mol. The Bertz CT molecular complexity index is 582. The number of hydrogen-bond acceptors (Lipinski definition) is 3. The van der Waals surface area contributed by atoms with Crippen LogP contribution in [0, 0.1) is 6.92 Å². The Morgan fingerprint density at radius 2 is 1.90 bits per heavy atom. The molecule has 0 bridgehead atoms. The second-order valence-electron chi connectivity index (χ2n) is 5.28. The minimum absolute atomic E-state index is 0.522. The number of nitrogens with zero attached hydrogens (tertiary/aromatic N) is 1. The van der Waals surface area contributed by atoms with Crippen molar-refractivity contribution >= 4 is 10.9 Å². The Labute approximate surface area is 120 Å². The van der Waals surface area contributed by atoms with Gasteiger partial charge in [-0.25, -0.2) is 0 Å². The lowest BCUT2D eigenvalue weighted by atomic mass is 9.85. The first kappa shape index (κ1) is 14.9. The van der Waals surface area contributed by atoms with Gasteiger partial charge in [-0.05, 0) is 43.5 Å². The number of aryl methyl sites for hydroxylation is 1. The minimum atomic E-state index is -0.631. The molecule has 20 heavy (non-hydrogen) atoms. The van der Waals surface area contributed by atoms with Gasteiger partial charge >= 0.3 is 0 Å². The van der Waals surface area contributed by atoms with Crippen LogP contribution in [0.3, 0.4) is 0 Å². The summed E-state index contributed by atoms with van der Waals surface area (Å²) in [7, 11) is 1.67. The molecule has 0 radical (unpaired) electrons. The summed E-state index contributed by atoms with van der Waals surface area (Å²) in [6, 6.07) is 9.94. The number of methoxy groups -OCH3 is 1. The first-order chi connectivity index (χ1) is 9.56. The van der Waals surface area contributed by atoms with Crippen LogP contribution >= 0.6 is 0 Å². The summed E-state index contributed by atoms with van der Waals surface area (Å²) >= 11 is 0. The van der Waals surface area contributed by atoms with Gasteiger partial charge in [0.25, 0.3) is 0 Å². The van der Waals surface area contributed by atoms with Crippen LogP contribution < -0.4 is 0 Å². The molecule has 3 heteroatoms. The van der Waals surface area contributed by atoms with Crippen molar-refractivity contribution in [3.05, 3.63) is 41.6 Å². The molecule has 1 N–H and O–H groups in total. The molecule has 0 aliphatic rings. The van der Waals surface area contributed by atoms with E-state index in [4.69, 9.17) is 4.74 Å². The normalized spacial score (nSPS) is 13.7. The number of aromatic nitrogens is 1. The number of aliphatic hydroxyl groups is 1. The topological polar surface area (TPSA) is 42.4 Å². The molecular formula is C17H23NO2. The van der Waals surface area contributed by atoms with Gasteiger partial charge in [-0.3, -0.25) is 4.98 Å². The van der Waals surface area contributed by atoms with Crippen LogP contribution in [0.2, 0.25) is 0 Å². The van der Waals surface area contributed by atoms with E-state index in [2.05, 4.69) is 4.98 Å². The number of hydrogen-bond donors (Lipinski definition) is 1. The van der Waals surface area contributed by atoms with E-state index in [0.29, 0.717) is 0 Å². The summed E-state index contributed by atoms with van der Waals surface area (Å²) in [6.07, 6.45) is 0.907. The molecule has 2 rings (SSSR count). The zero-order valence-electron chi connectivity index (χ0n) is 12.7. The fraction of sp³-hybridized carbons (Fsp3) is 0.471. The summed E-state index contributed by atoms with van der Waals surface area (Å²) < 4.78 is 5.62. The molecule has 108 valence electrons. The first-order valence-corrected chi connectivity index (χ1v) is 7.17. The number of ether oxygens (including phenoxy) is 1. The average molecular weight is 273 g/mol. The van der Waals surface area contributed by atoms with Gasteiger partial charge < -0.3 is 9.84 Å². The molecule has 1 heterocycles. The zero-order chi connectivity index (χ0) is 14.8. The number of pyridine rings is 1. The van der Waals surface area contributed by atoms with E-state index < -0.39 is 11.7 Å². The van der Waals surface area contributed by atoms with Crippen LogP contribution in [0.5, 0.6) is 0 Å². The van der Waals surface area contributed by atoms with Crippen LogP contribution in [0.1, 0.15) is 44.1 Å². The second kappa shape index (κ2) is 5.90. The maximum Gasteiger partial charge on any atom is 0.108 e. The van der Waals surface area contributed by atoms with E-state index in [1.807, 2.05) is 51.1 Å². The quantitative estimate of drug-likeness (QED) is 0.901. The van der Waals surface area contributed by atoms with Gasteiger partial charge in [0.15, 0.2) is 0 Å². The third-order valence-corrected chi connectivity index (χ3v) is 4.27. The van der Waals surface area contributed by atoms with Crippen LogP contribution in [0.4, 0.5) is 0 Å². The van der Waals surface area contributed by atoms with Crippen molar-refractivity contribution in [1.29, 1.82) is 0 Å². The van der Waals surface area contributed by atoms with Gasteiger partial charge in [-0.15, -0.1) is 0 Å². The van der Waals surface area contributed by atoms with Gasteiger partial charge in [0, 0.05) is 18.2 Å². The smallest absolute Gasteiger partial charge is 0.108 e. The molecule has 0 spiro atoms. The minimum Gasteiger partial charge on any atom is -0.385 e. The third kappa shape index (κ3) is 2.56. The number of rotatable bonds is 5. The molecule has 0 amide bonds. The van der Waals surface area contributed by atoms with Crippen molar-refractivity contribution < 1.29 is 9.84 Å². The van der Waals surface area contributed by atoms with Crippen molar-refractivity contribution in [2.75, 3.05) is 7.11 Å². The van der Waals surface area contributed by atoms with Gasteiger partial charge in [0.2, 0.25) is 0 Å². The highest BCUT2D eigenvalue weighted by atomic mass is 16.5. The van der Waals surface area contributed by atoms with Gasteiger partial charge in [-0.1, -0.05) is 26.0 Å². The first-order valence-electron chi connectivity index (χ1n) is 7.17. The Balaban J connectivity index is 2.44. The molecule has 0 fully saturated rings. The van der Waals surface area contributed by atoms with Crippen LogP contribution in [0.15, 0.2) is 30.3 Å². The molecule has 0 saturated heterocycles. The molecule has 1 atom stereocenters. The molecule has 1 aromatic heterocycles. The van der Waals surface area contributed by atoms with Gasteiger partial charge in [0.1, 0.15) is 6.10 Å². The Morgan fingerprint density at radius 1 is 1.20 bits per heavy atom. The van der Waals surface area contributed by atoms with E-state index in [9.17, 15) is 5.11 Å². The summed E-state index contributed by atoms with van der Waals surface area (Å²) in [5.41, 5.74) is 2.32. The van der Waals surface area contributed by atoms with Gasteiger partial charge in [-0.2, -0.15) is 0 Å². The lowest BCUT2D eigenvalue weighted by Gasteiger charge is -2.35. The van der Waals surface area contributed by atoms with Crippen molar-refractivity contribution in [2.45, 2.75) is 45.3 Å². The van der Waals surface area contributed by atoms with E-state index in [-0.39, 0.29) is 0 Å². The fourth-order valence-corrected chi connectivity index (χ4v) is 2.76. The maximum atomic E-state index is 10.7. The highest BCUT2D eigenvalue weighted by Gasteiger charge is 2.35. The number of fused-ring (bicyclic) bond motifs is 1. The molecule has 0 aliphatic heterocycles. The SMILES string of the molecule is CCC(CC)(OC)C(O)c1ccc2nc(C)ccc2c1. The maximum absolute atomic E-state index is 10.7. The molecule has 1 aromatic carbocycles. The van der Waals surface area contributed by atoms with E-state index in [1.165, 1.54) is 0 Å². The van der Waals surface area contributed by atoms with Crippen molar-refractivity contribution in [3.8, 4) is 0 Å². The lowest BCUT2D eigenvalue weighted by molar-refractivity contribution is -0.109.